The number of benzene rings is 1. The van der Waals surface area contributed by atoms with Gasteiger partial charge in [0.25, 0.3) is 5.56 Å². The van der Waals surface area contributed by atoms with Gasteiger partial charge < -0.3 is 29.7 Å². The number of morpholine rings is 1. The van der Waals surface area contributed by atoms with Gasteiger partial charge in [0.1, 0.15) is 5.75 Å². The molecule has 40 heavy (non-hydrogen) atoms. The van der Waals surface area contributed by atoms with Gasteiger partial charge in [0.2, 0.25) is 0 Å². The number of nitrogens with zero attached hydrogens (tertiary/aromatic N) is 2. The van der Waals surface area contributed by atoms with Gasteiger partial charge in [-0.15, -0.1) is 0 Å². The number of carbonyl (C=O) groups is 1. The molecule has 4 aromatic rings. The molecule has 210 valence electrons. The van der Waals surface area contributed by atoms with Gasteiger partial charge in [-0.05, 0) is 73.7 Å². The minimum atomic E-state index is -0.957. The molecule has 4 N–H and O–H groups in total. The van der Waals surface area contributed by atoms with Crippen LogP contribution >= 0.6 is 0 Å². The van der Waals surface area contributed by atoms with Crippen molar-refractivity contribution in [2.45, 2.75) is 39.3 Å². The third-order valence-corrected chi connectivity index (χ3v) is 7.99. The highest BCUT2D eigenvalue weighted by Gasteiger charge is 2.29. The molecule has 0 spiro atoms. The number of methoxy groups -OCH3 is 1. The van der Waals surface area contributed by atoms with Gasteiger partial charge in [0.05, 0.1) is 37.4 Å². The average Bonchev–Trinajstić information content (AvgIpc) is 3.38. The molecule has 1 aliphatic rings. The summed E-state index contributed by atoms with van der Waals surface area (Å²) in [5.74, 6) is -0.198. The Morgan fingerprint density at radius 3 is 2.50 bits per heavy atom. The smallest absolute Gasteiger partial charge is 0.336 e. The number of ether oxygens (including phenoxy) is 2. The molecular weight excluding hydrogens is 508 g/mol. The first-order chi connectivity index (χ1) is 19.3. The molecule has 0 aliphatic carbocycles. The van der Waals surface area contributed by atoms with E-state index in [1.54, 1.807) is 13.2 Å². The fraction of sp³-hybridized carbons (Fsp3) is 0.355. The van der Waals surface area contributed by atoms with Crippen molar-refractivity contribution in [3.63, 3.8) is 0 Å². The zero-order chi connectivity index (χ0) is 28.4. The standard InChI is InChI=1S/C31H36N4O5/c1-19-16-22(33-30(36)26(19)18-32)6-9-27(34-12-14-40-15-13-34)29-20(2)25(31(37)38)17-28-24(10-11-35(28)29)21-4-7-23(39-3)8-5-21/h4-5,7-8,10-11,16-17,27H,6,9,12-15,18,32H2,1-3H3,(H,33,36)(H,37,38). The summed E-state index contributed by atoms with van der Waals surface area (Å²) >= 11 is 0. The Hall–Kier alpha value is -3.92. The van der Waals surface area contributed by atoms with Crippen molar-refractivity contribution in [1.29, 1.82) is 0 Å². The maximum absolute atomic E-state index is 12.6. The second-order valence-corrected chi connectivity index (χ2v) is 10.3. The maximum Gasteiger partial charge on any atom is 0.336 e. The van der Waals surface area contributed by atoms with Gasteiger partial charge in [-0.3, -0.25) is 9.69 Å². The van der Waals surface area contributed by atoms with Crippen LogP contribution < -0.4 is 16.0 Å². The van der Waals surface area contributed by atoms with Crippen molar-refractivity contribution in [1.82, 2.24) is 14.3 Å². The highest BCUT2D eigenvalue weighted by atomic mass is 16.5. The van der Waals surface area contributed by atoms with Crippen molar-refractivity contribution in [2.24, 2.45) is 5.73 Å². The lowest BCUT2D eigenvalue weighted by Gasteiger charge is -2.36. The van der Waals surface area contributed by atoms with Crippen molar-refractivity contribution in [3.8, 4) is 16.9 Å². The van der Waals surface area contributed by atoms with E-state index >= 15 is 0 Å². The number of aryl methyl sites for hydroxylation is 2. The molecule has 1 unspecified atom stereocenters. The lowest BCUT2D eigenvalue weighted by Crippen LogP contribution is -2.40. The molecule has 1 fully saturated rings. The van der Waals surface area contributed by atoms with Crippen LogP contribution in [0.4, 0.5) is 0 Å². The van der Waals surface area contributed by atoms with Crippen molar-refractivity contribution in [3.05, 3.63) is 92.7 Å². The topological polar surface area (TPSA) is 122 Å². The fourth-order valence-corrected chi connectivity index (χ4v) is 5.86. The number of carboxylic acids is 1. The number of hydrogen-bond donors (Lipinski definition) is 3. The van der Waals surface area contributed by atoms with Crippen LogP contribution in [0.5, 0.6) is 5.75 Å². The minimum Gasteiger partial charge on any atom is -0.497 e. The van der Waals surface area contributed by atoms with Gasteiger partial charge in [-0.25, -0.2) is 4.79 Å². The summed E-state index contributed by atoms with van der Waals surface area (Å²) in [4.78, 5) is 30.4. The SMILES string of the molecule is COc1ccc(-c2ccn3c(C(CCc4cc(C)c(CN)c(=O)[nH]4)N4CCOCC4)c(C)c(C(=O)O)cc23)cc1. The second kappa shape index (κ2) is 11.7. The van der Waals surface area contributed by atoms with Crippen LogP contribution in [0.2, 0.25) is 0 Å². The van der Waals surface area contributed by atoms with E-state index in [0.717, 1.165) is 58.0 Å². The summed E-state index contributed by atoms with van der Waals surface area (Å²) in [6.07, 6.45) is 3.33. The normalized spacial score (nSPS) is 14.9. The van der Waals surface area contributed by atoms with E-state index in [0.29, 0.717) is 31.6 Å². The number of fused-ring (bicyclic) bond motifs is 1. The summed E-state index contributed by atoms with van der Waals surface area (Å²) < 4.78 is 13.1. The Balaban J connectivity index is 1.63. The van der Waals surface area contributed by atoms with Crippen LogP contribution in [0.1, 0.15) is 50.9 Å². The monoisotopic (exact) mass is 544 g/mol. The van der Waals surface area contributed by atoms with E-state index in [1.165, 1.54) is 0 Å². The maximum atomic E-state index is 12.6. The van der Waals surface area contributed by atoms with Gasteiger partial charge in [-0.2, -0.15) is 0 Å². The van der Waals surface area contributed by atoms with E-state index in [-0.39, 0.29) is 23.7 Å². The van der Waals surface area contributed by atoms with Crippen molar-refractivity contribution >= 4 is 11.5 Å². The molecule has 4 heterocycles. The van der Waals surface area contributed by atoms with Crippen LogP contribution in [-0.4, -0.2) is 58.8 Å². The Labute approximate surface area is 233 Å². The first kappa shape index (κ1) is 27.6. The molecule has 0 radical (unpaired) electrons. The highest BCUT2D eigenvalue weighted by Crippen LogP contribution is 2.36. The number of rotatable bonds is 9. The Bertz CT molecular complexity index is 1580. The molecule has 0 amide bonds. The molecule has 9 nitrogen and oxygen atoms in total. The number of aromatic amines is 1. The molecule has 5 rings (SSSR count). The zero-order valence-electron chi connectivity index (χ0n) is 23.2. The summed E-state index contributed by atoms with van der Waals surface area (Å²) in [5.41, 5.74) is 12.6. The van der Waals surface area contributed by atoms with Crippen molar-refractivity contribution < 1.29 is 19.4 Å². The van der Waals surface area contributed by atoms with Gasteiger partial charge in [-0.1, -0.05) is 12.1 Å². The number of aromatic nitrogens is 2. The second-order valence-electron chi connectivity index (χ2n) is 10.3. The lowest BCUT2D eigenvalue weighted by atomic mass is 9.95. The zero-order valence-corrected chi connectivity index (χ0v) is 23.2. The van der Waals surface area contributed by atoms with E-state index in [4.69, 9.17) is 15.2 Å². The van der Waals surface area contributed by atoms with E-state index < -0.39 is 5.97 Å². The van der Waals surface area contributed by atoms with Gasteiger partial charge >= 0.3 is 5.97 Å². The van der Waals surface area contributed by atoms with Gasteiger partial charge in [0, 0.05) is 48.3 Å². The summed E-state index contributed by atoms with van der Waals surface area (Å²) in [7, 11) is 1.63. The van der Waals surface area contributed by atoms with Crippen LogP contribution in [-0.2, 0) is 17.7 Å². The first-order valence-corrected chi connectivity index (χ1v) is 13.6. The predicted molar refractivity (Wildman–Crippen MR) is 154 cm³/mol. The molecule has 0 saturated carbocycles. The van der Waals surface area contributed by atoms with E-state index in [9.17, 15) is 14.7 Å². The summed E-state index contributed by atoms with van der Waals surface area (Å²) in [6.45, 7) is 6.68. The van der Waals surface area contributed by atoms with E-state index in [1.807, 2.05) is 56.4 Å². The Morgan fingerprint density at radius 2 is 1.88 bits per heavy atom. The Kier molecular flexibility index (Phi) is 8.07. The molecule has 3 aromatic heterocycles. The Morgan fingerprint density at radius 1 is 1.15 bits per heavy atom. The summed E-state index contributed by atoms with van der Waals surface area (Å²) in [6, 6.07) is 13.5. The highest BCUT2D eigenvalue weighted by molar-refractivity contribution is 5.94. The predicted octanol–water partition coefficient (Wildman–Crippen LogP) is 4.08. The number of H-pyrrole nitrogens is 1. The number of pyridine rings is 2. The molecule has 0 bridgehead atoms. The van der Waals surface area contributed by atoms with Crippen LogP contribution in [0.25, 0.3) is 16.6 Å². The molecular formula is C31H36N4O5. The van der Waals surface area contributed by atoms with Crippen LogP contribution in [0.3, 0.4) is 0 Å². The van der Waals surface area contributed by atoms with Crippen molar-refractivity contribution in [2.75, 3.05) is 33.4 Å². The number of nitrogens with two attached hydrogens (primary N) is 1. The molecule has 1 aliphatic heterocycles. The largest absolute Gasteiger partial charge is 0.497 e. The summed E-state index contributed by atoms with van der Waals surface area (Å²) in [5, 5.41) is 10.2. The number of aromatic carboxylic acids is 1. The number of nitrogens with one attached hydrogen (secondary N) is 1. The number of carboxylic acid groups (broad SMARTS) is 1. The third kappa shape index (κ3) is 5.28. The molecule has 9 heteroatoms. The molecule has 1 saturated heterocycles. The number of hydrogen-bond acceptors (Lipinski definition) is 6. The fourth-order valence-electron chi connectivity index (χ4n) is 5.86. The quantitative estimate of drug-likeness (QED) is 0.290. The molecule has 1 aromatic carbocycles. The first-order valence-electron chi connectivity index (χ1n) is 13.6. The molecule has 1 atom stereocenters. The van der Waals surface area contributed by atoms with E-state index in [2.05, 4.69) is 14.3 Å². The minimum absolute atomic E-state index is 0.0974. The van der Waals surface area contributed by atoms with Crippen LogP contribution in [0, 0.1) is 13.8 Å². The lowest BCUT2D eigenvalue weighted by molar-refractivity contribution is 0.0129. The van der Waals surface area contributed by atoms with Gasteiger partial charge in [0.15, 0.2) is 0 Å². The van der Waals surface area contributed by atoms with Crippen LogP contribution in [0.15, 0.2) is 53.5 Å². The third-order valence-electron chi connectivity index (χ3n) is 7.99. The average molecular weight is 545 g/mol.